The molecule has 260 valence electrons. The number of hydrogen-bond acceptors (Lipinski definition) is 4. The topological polar surface area (TPSA) is 49.6 Å². The van der Waals surface area contributed by atoms with Crippen LogP contribution in [-0.4, -0.2) is 5.84 Å². The van der Waals surface area contributed by atoms with E-state index < -0.39 is 0 Å². The lowest BCUT2D eigenvalue weighted by Gasteiger charge is -2.34. The molecule has 11 rings (SSSR count). The van der Waals surface area contributed by atoms with Crippen molar-refractivity contribution in [2.45, 2.75) is 12.3 Å². The fourth-order valence-corrected chi connectivity index (χ4v) is 8.34. The van der Waals surface area contributed by atoms with E-state index in [1.165, 1.54) is 43.4 Å². The first-order valence-corrected chi connectivity index (χ1v) is 18.8. The summed E-state index contributed by atoms with van der Waals surface area (Å²) >= 11 is 0. The fraction of sp³-hybridized carbons (Fsp3) is 0.0392. The predicted molar refractivity (Wildman–Crippen MR) is 228 cm³/mol. The first-order valence-electron chi connectivity index (χ1n) is 18.8. The first-order chi connectivity index (χ1) is 27.2. The van der Waals surface area contributed by atoms with Crippen molar-refractivity contribution in [3.63, 3.8) is 0 Å². The zero-order valence-electron chi connectivity index (χ0n) is 29.9. The minimum atomic E-state index is -0.323. The molecule has 0 radical (unpaired) electrons. The highest BCUT2D eigenvalue weighted by Crippen LogP contribution is 2.42. The van der Waals surface area contributed by atoms with Crippen molar-refractivity contribution in [3.05, 3.63) is 205 Å². The normalized spacial score (nSPS) is 15.8. The van der Waals surface area contributed by atoms with Gasteiger partial charge in [0.05, 0.1) is 0 Å². The summed E-state index contributed by atoms with van der Waals surface area (Å²) in [5, 5.41) is 17.3. The maximum Gasteiger partial charge on any atom is 0.135 e. The summed E-state index contributed by atoms with van der Waals surface area (Å²) in [6.45, 7) is 0. The van der Waals surface area contributed by atoms with Gasteiger partial charge in [-0.3, -0.25) is 5.32 Å². The molecule has 2 atom stereocenters. The molecule has 10 aromatic rings. The number of hydrogen-bond donors (Lipinski definition) is 2. The molecule has 1 aromatic heterocycles. The van der Waals surface area contributed by atoms with Crippen LogP contribution in [0.4, 0.5) is 0 Å². The average Bonchev–Trinajstić information content (AvgIpc) is 3.64. The Morgan fingerprint density at radius 3 is 1.67 bits per heavy atom. The molecule has 4 nitrogen and oxygen atoms in total. The van der Waals surface area contributed by atoms with Gasteiger partial charge in [-0.05, 0) is 90.5 Å². The number of rotatable bonds is 5. The summed E-state index contributed by atoms with van der Waals surface area (Å²) in [6, 6.07) is 67.1. The lowest BCUT2D eigenvalue weighted by Crippen LogP contribution is -2.45. The number of furan rings is 1. The van der Waals surface area contributed by atoms with E-state index in [9.17, 15) is 0 Å². The molecule has 4 heteroatoms. The Morgan fingerprint density at radius 1 is 0.436 bits per heavy atom. The van der Waals surface area contributed by atoms with Crippen LogP contribution in [0.15, 0.2) is 197 Å². The molecule has 1 aliphatic rings. The Balaban J connectivity index is 1.08. The SMILES string of the molecule is c1ccc2cc(C3=NC(c4ccc(-c5ccc6ccccc6c5)cc4)NC(c4c(-c5ccc6ccccc6c5)ccc5oc6ccccc6c45)N3)ccc2c1. The molecule has 0 amide bonds. The largest absolute Gasteiger partial charge is 0.456 e. The summed E-state index contributed by atoms with van der Waals surface area (Å²) < 4.78 is 6.51. The minimum absolute atomic E-state index is 0.310. The first kappa shape index (κ1) is 31.5. The molecule has 2 N–H and O–H groups in total. The molecule has 2 unspecified atom stereocenters. The van der Waals surface area contributed by atoms with Gasteiger partial charge in [0.15, 0.2) is 0 Å². The van der Waals surface area contributed by atoms with Crippen LogP contribution in [0.5, 0.6) is 0 Å². The molecule has 0 bridgehead atoms. The third-order valence-corrected chi connectivity index (χ3v) is 11.1. The van der Waals surface area contributed by atoms with Crippen molar-refractivity contribution in [2.75, 3.05) is 0 Å². The zero-order valence-corrected chi connectivity index (χ0v) is 29.9. The van der Waals surface area contributed by atoms with Crippen LogP contribution in [0.1, 0.15) is 29.0 Å². The second kappa shape index (κ2) is 12.8. The second-order valence-corrected chi connectivity index (χ2v) is 14.4. The quantitative estimate of drug-likeness (QED) is 0.187. The van der Waals surface area contributed by atoms with E-state index in [2.05, 4.69) is 193 Å². The Labute approximate surface area is 318 Å². The third kappa shape index (κ3) is 5.54. The summed E-state index contributed by atoms with van der Waals surface area (Å²) in [4.78, 5) is 5.39. The Bertz CT molecular complexity index is 3120. The Hall–Kier alpha value is -7.01. The maximum atomic E-state index is 6.51. The predicted octanol–water partition coefficient (Wildman–Crippen LogP) is 12.7. The van der Waals surface area contributed by atoms with Gasteiger partial charge in [-0.2, -0.15) is 0 Å². The lowest BCUT2D eigenvalue weighted by atomic mass is 9.91. The van der Waals surface area contributed by atoms with E-state index in [-0.39, 0.29) is 12.3 Å². The molecule has 2 heterocycles. The second-order valence-electron chi connectivity index (χ2n) is 14.4. The van der Waals surface area contributed by atoms with E-state index in [4.69, 9.17) is 9.41 Å². The van der Waals surface area contributed by atoms with E-state index in [0.29, 0.717) is 0 Å². The van der Waals surface area contributed by atoms with Crippen molar-refractivity contribution in [1.29, 1.82) is 0 Å². The highest BCUT2D eigenvalue weighted by molar-refractivity contribution is 6.10. The zero-order chi connectivity index (χ0) is 36.3. The molecule has 0 aliphatic carbocycles. The van der Waals surface area contributed by atoms with Crippen molar-refractivity contribution < 1.29 is 4.42 Å². The van der Waals surface area contributed by atoms with Crippen LogP contribution in [-0.2, 0) is 0 Å². The van der Waals surface area contributed by atoms with Crippen LogP contribution >= 0.6 is 0 Å². The van der Waals surface area contributed by atoms with E-state index in [1.54, 1.807) is 0 Å². The van der Waals surface area contributed by atoms with Crippen molar-refractivity contribution in [1.82, 2.24) is 10.6 Å². The summed E-state index contributed by atoms with van der Waals surface area (Å²) in [7, 11) is 0. The van der Waals surface area contributed by atoms with Gasteiger partial charge >= 0.3 is 0 Å². The highest BCUT2D eigenvalue weighted by Gasteiger charge is 2.30. The monoisotopic (exact) mass is 705 g/mol. The number of para-hydroxylation sites is 1. The van der Waals surface area contributed by atoms with E-state index in [1.807, 2.05) is 6.07 Å². The molecule has 0 saturated carbocycles. The highest BCUT2D eigenvalue weighted by atomic mass is 16.3. The fourth-order valence-electron chi connectivity index (χ4n) is 8.34. The van der Waals surface area contributed by atoms with Gasteiger partial charge in [-0.25, -0.2) is 4.99 Å². The molecule has 1 aliphatic heterocycles. The standard InChI is InChI=1S/C51H35N3O/c1-4-12-37-29-40(24-19-32(37)9-1)35-17-22-36(23-18-35)49-52-50(42-26-21-34-11-3-6-14-39(34)31-42)54-51(53-49)48-43(41-25-20-33-10-2-5-13-38(33)30-41)27-28-46-47(48)44-15-7-8-16-45(44)55-46/h1-31,49,51,53H,(H,52,54). The van der Waals surface area contributed by atoms with Crippen molar-refractivity contribution in [2.24, 2.45) is 4.99 Å². The Morgan fingerprint density at radius 2 is 0.982 bits per heavy atom. The molecule has 55 heavy (non-hydrogen) atoms. The molecule has 0 spiro atoms. The van der Waals surface area contributed by atoms with Crippen LogP contribution < -0.4 is 10.6 Å². The summed E-state index contributed by atoms with van der Waals surface area (Å²) in [5.41, 5.74) is 9.64. The number of amidine groups is 1. The van der Waals surface area contributed by atoms with Gasteiger partial charge in [0.2, 0.25) is 0 Å². The van der Waals surface area contributed by atoms with Crippen LogP contribution in [0.2, 0.25) is 0 Å². The van der Waals surface area contributed by atoms with Crippen molar-refractivity contribution >= 4 is 60.1 Å². The number of benzene rings is 9. The van der Waals surface area contributed by atoms with Crippen LogP contribution in [0.3, 0.4) is 0 Å². The lowest BCUT2D eigenvalue weighted by molar-refractivity contribution is 0.411. The number of fused-ring (bicyclic) bond motifs is 6. The van der Waals surface area contributed by atoms with Crippen LogP contribution in [0.25, 0.3) is 76.5 Å². The van der Waals surface area contributed by atoms with Crippen molar-refractivity contribution in [3.8, 4) is 22.3 Å². The number of aliphatic imine (C=N–C) groups is 1. The molecular formula is C51H35N3O. The third-order valence-electron chi connectivity index (χ3n) is 11.1. The van der Waals surface area contributed by atoms with Gasteiger partial charge in [0.25, 0.3) is 0 Å². The number of nitrogens with zero attached hydrogens (tertiary/aromatic N) is 1. The van der Waals surface area contributed by atoms with Crippen LogP contribution in [0, 0.1) is 0 Å². The van der Waals surface area contributed by atoms with E-state index in [0.717, 1.165) is 55.6 Å². The summed E-state index contributed by atoms with van der Waals surface area (Å²) in [5.74, 6) is 0.840. The Kier molecular flexibility index (Phi) is 7.35. The van der Waals surface area contributed by atoms with Gasteiger partial charge in [0, 0.05) is 21.9 Å². The molecule has 0 saturated heterocycles. The van der Waals surface area contributed by atoms with Gasteiger partial charge in [0.1, 0.15) is 29.3 Å². The van der Waals surface area contributed by atoms with Gasteiger partial charge in [-0.15, -0.1) is 0 Å². The average molecular weight is 706 g/mol. The van der Waals surface area contributed by atoms with Gasteiger partial charge < -0.3 is 9.73 Å². The molecule has 9 aromatic carbocycles. The van der Waals surface area contributed by atoms with Gasteiger partial charge in [-0.1, -0.05) is 158 Å². The molecule has 0 fully saturated rings. The minimum Gasteiger partial charge on any atom is -0.456 e. The maximum absolute atomic E-state index is 6.51. The van der Waals surface area contributed by atoms with E-state index >= 15 is 0 Å². The number of nitrogens with one attached hydrogen (secondary N) is 2. The smallest absolute Gasteiger partial charge is 0.135 e. The summed E-state index contributed by atoms with van der Waals surface area (Å²) in [6.07, 6.45) is -0.633. The molecular weight excluding hydrogens is 671 g/mol.